The van der Waals surface area contributed by atoms with Gasteiger partial charge in [-0.1, -0.05) is 18.2 Å². The topological polar surface area (TPSA) is 46.6 Å². The molecule has 0 radical (unpaired) electrons. The predicted molar refractivity (Wildman–Crippen MR) is 57.9 cm³/mol. The largest absolute Gasteiger partial charge is 0.372 e. The van der Waals surface area contributed by atoms with Crippen LogP contribution in [-0.2, 0) is 9.53 Å². The van der Waals surface area contributed by atoms with Crippen LogP contribution in [0.5, 0.6) is 0 Å². The van der Waals surface area contributed by atoms with Crippen LogP contribution in [0.1, 0.15) is 16.8 Å². The Bertz CT molecular complexity index is 389. The second-order valence-electron chi connectivity index (χ2n) is 3.62. The molecule has 1 aliphatic rings. The summed E-state index contributed by atoms with van der Waals surface area (Å²) in [4.78, 5) is 24.9. The van der Waals surface area contributed by atoms with Crippen LogP contribution in [0, 0.1) is 0 Å². The van der Waals surface area contributed by atoms with Crippen molar-refractivity contribution in [3.05, 3.63) is 35.9 Å². The summed E-state index contributed by atoms with van der Waals surface area (Å²) in [6, 6.07) is 8.82. The van der Waals surface area contributed by atoms with Crippen molar-refractivity contribution in [1.29, 1.82) is 0 Å². The normalized spacial score (nSPS) is 17.0. The van der Waals surface area contributed by atoms with E-state index in [1.54, 1.807) is 24.3 Å². The number of rotatable bonds is 1. The second kappa shape index (κ2) is 4.90. The highest BCUT2D eigenvalue weighted by Gasteiger charge is 2.24. The van der Waals surface area contributed by atoms with E-state index >= 15 is 0 Å². The lowest BCUT2D eigenvalue weighted by Crippen LogP contribution is -2.38. The Morgan fingerprint density at radius 2 is 2.00 bits per heavy atom. The lowest BCUT2D eigenvalue weighted by atomic mass is 10.2. The van der Waals surface area contributed by atoms with Gasteiger partial charge in [-0.15, -0.1) is 0 Å². The minimum Gasteiger partial charge on any atom is -0.372 e. The molecule has 0 saturated carbocycles. The van der Waals surface area contributed by atoms with Crippen molar-refractivity contribution in [2.75, 3.05) is 19.8 Å². The zero-order chi connectivity index (χ0) is 11.4. The van der Waals surface area contributed by atoms with Gasteiger partial charge in [0.05, 0.1) is 0 Å². The summed E-state index contributed by atoms with van der Waals surface area (Å²) in [5.41, 5.74) is 0.540. The highest BCUT2D eigenvalue weighted by atomic mass is 16.5. The number of nitrogens with zero attached hydrogens (tertiary/aromatic N) is 1. The SMILES string of the molecule is O=C1COCCCN1C(=O)c1ccccc1. The maximum Gasteiger partial charge on any atom is 0.260 e. The average Bonchev–Trinajstić information content (AvgIpc) is 2.54. The van der Waals surface area contributed by atoms with Crippen LogP contribution in [0.2, 0.25) is 0 Å². The van der Waals surface area contributed by atoms with Crippen molar-refractivity contribution >= 4 is 11.8 Å². The number of benzene rings is 1. The number of carbonyl (C=O) groups is 2. The molecule has 1 aromatic rings. The molecule has 0 bridgehead atoms. The molecule has 2 amide bonds. The van der Waals surface area contributed by atoms with Crippen molar-refractivity contribution in [2.24, 2.45) is 0 Å². The Balaban J connectivity index is 2.17. The summed E-state index contributed by atoms with van der Waals surface area (Å²) in [6.45, 7) is 0.968. The smallest absolute Gasteiger partial charge is 0.260 e. The highest BCUT2D eigenvalue weighted by molar-refractivity contribution is 6.05. The average molecular weight is 219 g/mol. The Hall–Kier alpha value is -1.68. The summed E-state index contributed by atoms with van der Waals surface area (Å²) in [5, 5.41) is 0. The minimum atomic E-state index is -0.258. The molecular formula is C12H13NO3. The van der Waals surface area contributed by atoms with E-state index in [-0.39, 0.29) is 18.4 Å². The van der Waals surface area contributed by atoms with Gasteiger partial charge in [-0.25, -0.2) is 0 Å². The zero-order valence-electron chi connectivity index (χ0n) is 8.89. The first kappa shape index (κ1) is 10.8. The predicted octanol–water partition coefficient (Wildman–Crippen LogP) is 1.08. The molecule has 1 aliphatic heterocycles. The molecule has 0 N–H and O–H groups in total. The van der Waals surface area contributed by atoms with E-state index in [0.717, 1.165) is 0 Å². The van der Waals surface area contributed by atoms with Crippen molar-refractivity contribution in [3.63, 3.8) is 0 Å². The third-order valence-electron chi connectivity index (χ3n) is 2.46. The molecule has 4 nitrogen and oxygen atoms in total. The molecule has 1 fully saturated rings. The molecule has 0 spiro atoms. The van der Waals surface area contributed by atoms with Crippen LogP contribution in [0.15, 0.2) is 30.3 Å². The molecular weight excluding hydrogens is 206 g/mol. The van der Waals surface area contributed by atoms with Gasteiger partial charge in [0, 0.05) is 18.7 Å². The first-order valence-corrected chi connectivity index (χ1v) is 5.26. The number of hydrogen-bond donors (Lipinski definition) is 0. The van der Waals surface area contributed by atoms with Crippen molar-refractivity contribution in [1.82, 2.24) is 4.90 Å². The molecule has 4 heteroatoms. The number of carbonyl (C=O) groups excluding carboxylic acids is 2. The molecule has 84 valence electrons. The lowest BCUT2D eigenvalue weighted by Gasteiger charge is -2.17. The zero-order valence-corrected chi connectivity index (χ0v) is 8.89. The van der Waals surface area contributed by atoms with Crippen LogP contribution in [-0.4, -0.2) is 36.5 Å². The summed E-state index contributed by atoms with van der Waals surface area (Å²) in [5.74, 6) is -0.498. The van der Waals surface area contributed by atoms with Crippen molar-refractivity contribution in [2.45, 2.75) is 6.42 Å². The Labute approximate surface area is 93.8 Å². The molecule has 1 aromatic carbocycles. The number of hydrogen-bond acceptors (Lipinski definition) is 3. The third kappa shape index (κ3) is 2.28. The Morgan fingerprint density at radius 1 is 1.25 bits per heavy atom. The molecule has 2 rings (SSSR count). The monoisotopic (exact) mass is 219 g/mol. The molecule has 1 saturated heterocycles. The van der Waals surface area contributed by atoms with E-state index < -0.39 is 0 Å². The van der Waals surface area contributed by atoms with Gasteiger partial charge in [0.15, 0.2) is 0 Å². The highest BCUT2D eigenvalue weighted by Crippen LogP contribution is 2.08. The Kier molecular flexibility index (Phi) is 3.31. The van der Waals surface area contributed by atoms with Gasteiger partial charge in [-0.2, -0.15) is 0 Å². The molecule has 0 aliphatic carbocycles. The number of imide groups is 1. The van der Waals surface area contributed by atoms with Crippen LogP contribution in [0.3, 0.4) is 0 Å². The number of ether oxygens (including phenoxy) is 1. The third-order valence-corrected chi connectivity index (χ3v) is 2.46. The van der Waals surface area contributed by atoms with E-state index in [1.165, 1.54) is 4.90 Å². The van der Waals surface area contributed by atoms with E-state index in [9.17, 15) is 9.59 Å². The first-order valence-electron chi connectivity index (χ1n) is 5.26. The standard InChI is InChI=1S/C12H13NO3/c14-11-9-16-8-4-7-13(11)12(15)10-5-2-1-3-6-10/h1-3,5-6H,4,7-9H2. The van der Waals surface area contributed by atoms with E-state index in [0.29, 0.717) is 25.1 Å². The van der Waals surface area contributed by atoms with Crippen molar-refractivity contribution < 1.29 is 14.3 Å². The summed E-state index contributed by atoms with van der Waals surface area (Å²) >= 11 is 0. The molecule has 16 heavy (non-hydrogen) atoms. The van der Waals surface area contributed by atoms with Gasteiger partial charge >= 0.3 is 0 Å². The molecule has 0 atom stereocenters. The fourth-order valence-corrected chi connectivity index (χ4v) is 1.64. The molecule has 1 heterocycles. The quantitative estimate of drug-likeness (QED) is 0.664. The maximum absolute atomic E-state index is 12.0. The van der Waals surface area contributed by atoms with Crippen LogP contribution in [0.25, 0.3) is 0 Å². The van der Waals surface area contributed by atoms with Gasteiger partial charge in [0.25, 0.3) is 11.8 Å². The molecule has 0 aromatic heterocycles. The van der Waals surface area contributed by atoms with Gasteiger partial charge in [0.1, 0.15) is 6.61 Å². The van der Waals surface area contributed by atoms with E-state index in [1.807, 2.05) is 6.07 Å². The fourth-order valence-electron chi connectivity index (χ4n) is 1.64. The van der Waals surface area contributed by atoms with E-state index in [2.05, 4.69) is 0 Å². The summed E-state index contributed by atoms with van der Waals surface area (Å²) in [6.07, 6.45) is 0.699. The fraction of sp³-hybridized carbons (Fsp3) is 0.333. The first-order chi connectivity index (χ1) is 7.79. The van der Waals surface area contributed by atoms with Crippen LogP contribution >= 0.6 is 0 Å². The van der Waals surface area contributed by atoms with Gasteiger partial charge in [-0.05, 0) is 18.6 Å². The van der Waals surface area contributed by atoms with Gasteiger partial charge in [-0.3, -0.25) is 14.5 Å². The lowest BCUT2D eigenvalue weighted by molar-refractivity contribution is -0.131. The van der Waals surface area contributed by atoms with Gasteiger partial charge < -0.3 is 4.74 Å². The summed E-state index contributed by atoms with van der Waals surface area (Å²) < 4.78 is 5.08. The Morgan fingerprint density at radius 3 is 2.75 bits per heavy atom. The van der Waals surface area contributed by atoms with Gasteiger partial charge in [0.2, 0.25) is 0 Å². The van der Waals surface area contributed by atoms with Crippen molar-refractivity contribution in [3.8, 4) is 0 Å². The molecule has 0 unspecified atom stereocenters. The van der Waals surface area contributed by atoms with Crippen LogP contribution in [0.4, 0.5) is 0 Å². The number of amides is 2. The summed E-state index contributed by atoms with van der Waals surface area (Å²) in [7, 11) is 0. The minimum absolute atomic E-state index is 0.00142. The maximum atomic E-state index is 12.0. The van der Waals surface area contributed by atoms with Crippen LogP contribution < -0.4 is 0 Å². The van der Waals surface area contributed by atoms with E-state index in [4.69, 9.17) is 4.74 Å². The second-order valence-corrected chi connectivity index (χ2v) is 3.62.